The standard InChI is InChI=1S/C12H18F3NS/c1-4-16-10(5-6-12(13,14)15)11-7-8(2)9(3)17-11/h7,10,16H,4-6H2,1-3H3. The maximum atomic E-state index is 12.2. The van der Waals surface area contributed by atoms with Gasteiger partial charge in [-0.15, -0.1) is 11.3 Å². The van der Waals surface area contributed by atoms with Crippen molar-refractivity contribution in [1.82, 2.24) is 5.32 Å². The van der Waals surface area contributed by atoms with E-state index in [4.69, 9.17) is 0 Å². The van der Waals surface area contributed by atoms with Gasteiger partial charge in [-0.2, -0.15) is 13.2 Å². The molecule has 0 aromatic carbocycles. The van der Waals surface area contributed by atoms with Crippen LogP contribution in [0.5, 0.6) is 0 Å². The molecular weight excluding hydrogens is 247 g/mol. The Kier molecular flexibility index (Phi) is 5.01. The van der Waals surface area contributed by atoms with Crippen LogP contribution in [0.3, 0.4) is 0 Å². The molecular formula is C12H18F3NS. The second-order valence-corrected chi connectivity index (χ2v) is 5.44. The molecule has 1 N–H and O–H groups in total. The van der Waals surface area contributed by atoms with Crippen LogP contribution in [-0.2, 0) is 0 Å². The second-order valence-electron chi connectivity index (χ2n) is 4.15. The van der Waals surface area contributed by atoms with Gasteiger partial charge in [0.15, 0.2) is 0 Å². The maximum absolute atomic E-state index is 12.2. The maximum Gasteiger partial charge on any atom is 0.389 e. The molecule has 98 valence electrons. The Morgan fingerprint density at radius 2 is 2.00 bits per heavy atom. The summed E-state index contributed by atoms with van der Waals surface area (Å²) in [6, 6.07) is 1.81. The van der Waals surface area contributed by atoms with Crippen LogP contribution in [0.1, 0.15) is 41.1 Å². The predicted molar refractivity (Wildman–Crippen MR) is 65.5 cm³/mol. The smallest absolute Gasteiger partial charge is 0.310 e. The zero-order valence-corrected chi connectivity index (χ0v) is 11.1. The van der Waals surface area contributed by atoms with Crippen LogP contribution in [-0.4, -0.2) is 12.7 Å². The summed E-state index contributed by atoms with van der Waals surface area (Å²) in [5.74, 6) is 0. The Hall–Kier alpha value is -0.550. The zero-order valence-electron chi connectivity index (χ0n) is 10.3. The first-order valence-corrected chi connectivity index (χ1v) is 6.52. The minimum Gasteiger partial charge on any atom is -0.310 e. The molecule has 0 spiro atoms. The molecule has 0 radical (unpaired) electrons. The Labute approximate surface area is 104 Å². The van der Waals surface area contributed by atoms with Gasteiger partial charge < -0.3 is 5.32 Å². The predicted octanol–water partition coefficient (Wildman–Crippen LogP) is 4.36. The van der Waals surface area contributed by atoms with Gasteiger partial charge in [-0.05, 0) is 38.4 Å². The van der Waals surface area contributed by atoms with E-state index in [0.717, 1.165) is 10.4 Å². The lowest BCUT2D eigenvalue weighted by Crippen LogP contribution is -2.22. The Balaban J connectivity index is 2.71. The molecule has 0 saturated heterocycles. The topological polar surface area (TPSA) is 12.0 Å². The van der Waals surface area contributed by atoms with Crippen molar-refractivity contribution in [2.75, 3.05) is 6.54 Å². The number of aryl methyl sites for hydroxylation is 2. The number of halogens is 3. The molecule has 0 saturated carbocycles. The highest BCUT2D eigenvalue weighted by molar-refractivity contribution is 7.12. The fourth-order valence-corrected chi connectivity index (χ4v) is 2.83. The van der Waals surface area contributed by atoms with Crippen molar-refractivity contribution < 1.29 is 13.2 Å². The number of nitrogens with one attached hydrogen (secondary N) is 1. The van der Waals surface area contributed by atoms with E-state index >= 15 is 0 Å². The van der Waals surface area contributed by atoms with Crippen LogP contribution in [0, 0.1) is 13.8 Å². The van der Waals surface area contributed by atoms with Gasteiger partial charge in [-0.1, -0.05) is 6.92 Å². The first kappa shape index (κ1) is 14.5. The fraction of sp³-hybridized carbons (Fsp3) is 0.667. The average Bonchev–Trinajstić information content (AvgIpc) is 2.52. The second kappa shape index (κ2) is 5.87. The summed E-state index contributed by atoms with van der Waals surface area (Å²) in [5, 5.41) is 3.12. The summed E-state index contributed by atoms with van der Waals surface area (Å²) in [6.07, 6.45) is -4.70. The molecule has 0 bridgehead atoms. The largest absolute Gasteiger partial charge is 0.389 e. The molecule has 5 heteroatoms. The van der Waals surface area contributed by atoms with Crippen LogP contribution in [0.4, 0.5) is 13.2 Å². The van der Waals surface area contributed by atoms with Gasteiger partial charge in [-0.3, -0.25) is 0 Å². The first-order chi connectivity index (χ1) is 7.83. The molecule has 1 nitrogen and oxygen atoms in total. The highest BCUT2D eigenvalue weighted by atomic mass is 32.1. The van der Waals surface area contributed by atoms with Gasteiger partial charge in [0.25, 0.3) is 0 Å². The average molecular weight is 265 g/mol. The summed E-state index contributed by atoms with van der Waals surface area (Å²) < 4.78 is 36.7. The number of hydrogen-bond donors (Lipinski definition) is 1. The highest BCUT2D eigenvalue weighted by Crippen LogP contribution is 2.32. The summed E-state index contributed by atoms with van der Waals surface area (Å²) in [5.41, 5.74) is 1.15. The number of hydrogen-bond acceptors (Lipinski definition) is 2. The molecule has 0 aliphatic heterocycles. The summed E-state index contributed by atoms with van der Waals surface area (Å²) in [6.45, 7) is 6.57. The molecule has 1 aromatic heterocycles. The van der Waals surface area contributed by atoms with Crippen molar-refractivity contribution in [2.24, 2.45) is 0 Å². The lowest BCUT2D eigenvalue weighted by atomic mass is 10.1. The molecule has 1 aromatic rings. The third kappa shape index (κ3) is 4.68. The van der Waals surface area contributed by atoms with E-state index in [1.165, 1.54) is 4.88 Å². The summed E-state index contributed by atoms with van der Waals surface area (Å²) in [7, 11) is 0. The van der Waals surface area contributed by atoms with Crippen LogP contribution in [0.15, 0.2) is 6.07 Å². The van der Waals surface area contributed by atoms with Gasteiger partial charge in [0.05, 0.1) is 0 Å². The van der Waals surface area contributed by atoms with Crippen LogP contribution < -0.4 is 5.32 Å². The quantitative estimate of drug-likeness (QED) is 0.834. The molecule has 0 fully saturated rings. The van der Waals surface area contributed by atoms with Crippen LogP contribution in [0.25, 0.3) is 0 Å². The SMILES string of the molecule is CCNC(CCC(F)(F)F)c1cc(C)c(C)s1. The molecule has 0 aliphatic rings. The van der Waals surface area contributed by atoms with Crippen LogP contribution in [0.2, 0.25) is 0 Å². The summed E-state index contributed by atoms with van der Waals surface area (Å²) in [4.78, 5) is 2.18. The highest BCUT2D eigenvalue weighted by Gasteiger charge is 2.29. The normalized spacial score (nSPS) is 14.0. The number of thiophene rings is 1. The Morgan fingerprint density at radius 1 is 1.35 bits per heavy atom. The Morgan fingerprint density at radius 3 is 2.41 bits per heavy atom. The van der Waals surface area contributed by atoms with Crippen molar-refractivity contribution in [1.29, 1.82) is 0 Å². The lowest BCUT2D eigenvalue weighted by molar-refractivity contribution is -0.136. The van der Waals surface area contributed by atoms with Crippen molar-refractivity contribution in [3.05, 3.63) is 21.4 Å². The summed E-state index contributed by atoms with van der Waals surface area (Å²) >= 11 is 1.58. The number of rotatable bonds is 5. The van der Waals surface area contributed by atoms with Gasteiger partial charge in [-0.25, -0.2) is 0 Å². The molecule has 0 aliphatic carbocycles. The third-order valence-corrected chi connectivity index (χ3v) is 3.96. The molecule has 17 heavy (non-hydrogen) atoms. The van der Waals surface area contributed by atoms with E-state index in [1.807, 2.05) is 26.8 Å². The molecule has 1 rings (SSSR count). The van der Waals surface area contributed by atoms with E-state index in [2.05, 4.69) is 5.32 Å². The lowest BCUT2D eigenvalue weighted by Gasteiger charge is -2.17. The van der Waals surface area contributed by atoms with Gasteiger partial charge in [0, 0.05) is 22.2 Å². The van der Waals surface area contributed by atoms with E-state index in [0.29, 0.717) is 6.54 Å². The molecule has 0 amide bonds. The third-order valence-electron chi connectivity index (χ3n) is 2.70. The Bertz CT molecular complexity index is 338. The van der Waals surface area contributed by atoms with Gasteiger partial charge >= 0.3 is 6.18 Å². The number of alkyl halides is 3. The van der Waals surface area contributed by atoms with E-state index in [-0.39, 0.29) is 12.5 Å². The van der Waals surface area contributed by atoms with Crippen molar-refractivity contribution in [3.8, 4) is 0 Å². The zero-order chi connectivity index (χ0) is 13.1. The van der Waals surface area contributed by atoms with E-state index < -0.39 is 12.6 Å². The first-order valence-electron chi connectivity index (χ1n) is 5.70. The van der Waals surface area contributed by atoms with Crippen molar-refractivity contribution in [3.63, 3.8) is 0 Å². The van der Waals surface area contributed by atoms with Crippen molar-refractivity contribution in [2.45, 2.75) is 45.8 Å². The monoisotopic (exact) mass is 265 g/mol. The minimum absolute atomic E-state index is 0.108. The molecule has 1 atom stereocenters. The fourth-order valence-electron chi connectivity index (χ4n) is 1.67. The van der Waals surface area contributed by atoms with Crippen molar-refractivity contribution >= 4 is 11.3 Å². The molecule has 1 heterocycles. The minimum atomic E-state index is -4.07. The van der Waals surface area contributed by atoms with E-state index in [1.54, 1.807) is 11.3 Å². The van der Waals surface area contributed by atoms with E-state index in [9.17, 15) is 13.2 Å². The van der Waals surface area contributed by atoms with Gasteiger partial charge in [0.2, 0.25) is 0 Å². The molecule has 1 unspecified atom stereocenters. The van der Waals surface area contributed by atoms with Gasteiger partial charge in [0.1, 0.15) is 0 Å². The van der Waals surface area contributed by atoms with Crippen LogP contribution >= 0.6 is 11.3 Å².